The molecule has 0 bridgehead atoms. The van der Waals surface area contributed by atoms with Crippen molar-refractivity contribution in [3.8, 4) is 12.1 Å². The molecule has 1 fully saturated rings. The van der Waals surface area contributed by atoms with Crippen LogP contribution in [0.1, 0.15) is 18.4 Å². The summed E-state index contributed by atoms with van der Waals surface area (Å²) in [5.74, 6) is -0.340. The lowest BCUT2D eigenvalue weighted by Gasteiger charge is -2.33. The zero-order chi connectivity index (χ0) is 17.4. The molecule has 2 rings (SSSR count). The van der Waals surface area contributed by atoms with Gasteiger partial charge >= 0.3 is 0 Å². The van der Waals surface area contributed by atoms with Crippen LogP contribution in [-0.4, -0.2) is 37.7 Å². The van der Waals surface area contributed by atoms with Gasteiger partial charge in [0.1, 0.15) is 5.82 Å². The standard InChI is InChI=1S/C18H24FN5/c1-22-18(16(10-20)11-21)23-12-14-6-8-24(9-7-14)13-15-2-4-17(19)5-3-15/h2-5,14,16,18,22-23H,6-9,12-13H2,1H3. The monoisotopic (exact) mass is 329 g/mol. The van der Waals surface area contributed by atoms with Crippen molar-refractivity contribution in [1.29, 1.82) is 10.5 Å². The second kappa shape index (κ2) is 9.34. The maximum absolute atomic E-state index is 12.9. The Morgan fingerprint density at radius 3 is 2.38 bits per heavy atom. The first kappa shape index (κ1) is 18.4. The number of nitrogens with one attached hydrogen (secondary N) is 2. The van der Waals surface area contributed by atoms with Crippen LogP contribution in [0.3, 0.4) is 0 Å². The Labute approximate surface area is 143 Å². The Hall–Kier alpha value is -1.99. The zero-order valence-corrected chi connectivity index (χ0v) is 14.0. The number of nitriles is 2. The number of halogens is 1. The highest BCUT2D eigenvalue weighted by molar-refractivity contribution is 5.16. The van der Waals surface area contributed by atoms with E-state index in [1.54, 1.807) is 7.05 Å². The molecule has 0 amide bonds. The predicted molar refractivity (Wildman–Crippen MR) is 90.0 cm³/mol. The van der Waals surface area contributed by atoms with E-state index >= 15 is 0 Å². The molecule has 24 heavy (non-hydrogen) atoms. The fourth-order valence-electron chi connectivity index (χ4n) is 3.05. The Morgan fingerprint density at radius 1 is 1.21 bits per heavy atom. The van der Waals surface area contributed by atoms with Crippen molar-refractivity contribution in [2.75, 3.05) is 26.7 Å². The van der Waals surface area contributed by atoms with Gasteiger partial charge in [-0.2, -0.15) is 10.5 Å². The molecule has 6 heteroatoms. The fraction of sp³-hybridized carbons (Fsp3) is 0.556. The van der Waals surface area contributed by atoms with Crippen LogP contribution in [0.5, 0.6) is 0 Å². The molecule has 0 saturated carbocycles. The van der Waals surface area contributed by atoms with E-state index in [0.717, 1.165) is 44.6 Å². The van der Waals surface area contributed by atoms with Gasteiger partial charge in [-0.3, -0.25) is 10.2 Å². The van der Waals surface area contributed by atoms with Gasteiger partial charge in [-0.1, -0.05) is 12.1 Å². The van der Waals surface area contributed by atoms with E-state index in [2.05, 4.69) is 15.5 Å². The summed E-state index contributed by atoms with van der Waals surface area (Å²) in [6, 6.07) is 10.7. The van der Waals surface area contributed by atoms with Crippen molar-refractivity contribution in [2.24, 2.45) is 11.8 Å². The first-order chi connectivity index (χ1) is 11.7. The molecule has 0 aromatic heterocycles. The van der Waals surface area contributed by atoms with E-state index in [1.807, 2.05) is 24.3 Å². The van der Waals surface area contributed by atoms with E-state index in [1.165, 1.54) is 12.1 Å². The van der Waals surface area contributed by atoms with Gasteiger partial charge in [-0.25, -0.2) is 4.39 Å². The number of hydrogen-bond donors (Lipinski definition) is 2. The summed E-state index contributed by atoms with van der Waals surface area (Å²) in [6.07, 6.45) is 1.86. The Bertz CT molecular complexity index is 567. The first-order valence-corrected chi connectivity index (χ1v) is 8.33. The number of hydrogen-bond acceptors (Lipinski definition) is 5. The Balaban J connectivity index is 1.73. The van der Waals surface area contributed by atoms with Crippen molar-refractivity contribution >= 4 is 0 Å². The van der Waals surface area contributed by atoms with Crippen molar-refractivity contribution < 1.29 is 4.39 Å². The predicted octanol–water partition coefficient (Wildman–Crippen LogP) is 1.84. The average molecular weight is 329 g/mol. The van der Waals surface area contributed by atoms with Crippen molar-refractivity contribution in [2.45, 2.75) is 25.6 Å². The number of piperidine rings is 1. The summed E-state index contributed by atoms with van der Waals surface area (Å²) in [5, 5.41) is 24.2. The molecule has 1 aliphatic rings. The third-order valence-corrected chi connectivity index (χ3v) is 4.58. The lowest BCUT2D eigenvalue weighted by atomic mass is 9.96. The van der Waals surface area contributed by atoms with Gasteiger partial charge in [0.25, 0.3) is 0 Å². The summed E-state index contributed by atoms with van der Waals surface area (Å²) < 4.78 is 12.9. The van der Waals surface area contributed by atoms with Crippen LogP contribution in [0.15, 0.2) is 24.3 Å². The average Bonchev–Trinajstić information content (AvgIpc) is 2.62. The van der Waals surface area contributed by atoms with Crippen LogP contribution in [0.4, 0.5) is 4.39 Å². The van der Waals surface area contributed by atoms with Crippen LogP contribution in [-0.2, 0) is 6.54 Å². The molecule has 128 valence electrons. The molecule has 1 atom stereocenters. The molecule has 2 N–H and O–H groups in total. The SMILES string of the molecule is CNC(NCC1CCN(Cc2ccc(F)cc2)CC1)C(C#N)C#N. The summed E-state index contributed by atoms with van der Waals surface area (Å²) in [5.41, 5.74) is 1.13. The summed E-state index contributed by atoms with van der Waals surface area (Å²) in [7, 11) is 1.75. The summed E-state index contributed by atoms with van der Waals surface area (Å²) in [6.45, 7) is 3.67. The number of nitrogens with zero attached hydrogens (tertiary/aromatic N) is 3. The van der Waals surface area contributed by atoms with Crippen molar-refractivity contribution in [3.63, 3.8) is 0 Å². The lowest BCUT2D eigenvalue weighted by molar-refractivity contribution is 0.171. The van der Waals surface area contributed by atoms with Crippen LogP contribution < -0.4 is 10.6 Å². The molecular formula is C18H24FN5. The Morgan fingerprint density at radius 2 is 1.83 bits per heavy atom. The Kier molecular flexibility index (Phi) is 7.14. The highest BCUT2D eigenvalue weighted by atomic mass is 19.1. The van der Waals surface area contributed by atoms with Crippen molar-refractivity contribution in [3.05, 3.63) is 35.6 Å². The minimum Gasteiger partial charge on any atom is -0.303 e. The number of rotatable bonds is 7. The molecular weight excluding hydrogens is 305 g/mol. The van der Waals surface area contributed by atoms with Gasteiger partial charge in [-0.05, 0) is 63.1 Å². The number of likely N-dealkylation sites (tertiary alicyclic amines) is 1. The maximum atomic E-state index is 12.9. The van der Waals surface area contributed by atoms with Gasteiger partial charge in [-0.15, -0.1) is 0 Å². The smallest absolute Gasteiger partial charge is 0.161 e. The number of benzene rings is 1. The molecule has 1 unspecified atom stereocenters. The topological polar surface area (TPSA) is 74.9 Å². The maximum Gasteiger partial charge on any atom is 0.161 e. The highest BCUT2D eigenvalue weighted by Crippen LogP contribution is 2.19. The van der Waals surface area contributed by atoms with Gasteiger partial charge in [0.15, 0.2) is 5.92 Å². The first-order valence-electron chi connectivity index (χ1n) is 8.33. The third-order valence-electron chi connectivity index (χ3n) is 4.58. The lowest BCUT2D eigenvalue weighted by Crippen LogP contribution is -2.48. The van der Waals surface area contributed by atoms with E-state index in [4.69, 9.17) is 10.5 Å². The van der Waals surface area contributed by atoms with E-state index < -0.39 is 5.92 Å². The van der Waals surface area contributed by atoms with Crippen LogP contribution in [0.25, 0.3) is 0 Å². The summed E-state index contributed by atoms with van der Waals surface area (Å²) in [4.78, 5) is 2.38. The van der Waals surface area contributed by atoms with Crippen molar-refractivity contribution in [1.82, 2.24) is 15.5 Å². The van der Waals surface area contributed by atoms with E-state index in [9.17, 15) is 4.39 Å². The van der Waals surface area contributed by atoms with Crippen LogP contribution >= 0.6 is 0 Å². The third kappa shape index (κ3) is 5.28. The molecule has 1 heterocycles. The quantitative estimate of drug-likeness (QED) is 0.747. The minimum atomic E-state index is -0.687. The molecule has 1 aromatic rings. The molecule has 0 radical (unpaired) electrons. The minimum absolute atomic E-state index is 0.198. The van der Waals surface area contributed by atoms with Crippen LogP contribution in [0, 0.1) is 40.3 Å². The van der Waals surface area contributed by atoms with Gasteiger partial charge in [0.2, 0.25) is 0 Å². The molecule has 5 nitrogen and oxygen atoms in total. The molecule has 0 aliphatic carbocycles. The molecule has 1 aromatic carbocycles. The largest absolute Gasteiger partial charge is 0.303 e. The van der Waals surface area contributed by atoms with Gasteiger partial charge < -0.3 is 5.32 Å². The van der Waals surface area contributed by atoms with E-state index in [-0.39, 0.29) is 12.0 Å². The normalized spacial score (nSPS) is 17.4. The molecule has 1 saturated heterocycles. The second-order valence-corrected chi connectivity index (χ2v) is 6.26. The van der Waals surface area contributed by atoms with Gasteiger partial charge in [0, 0.05) is 6.54 Å². The van der Waals surface area contributed by atoms with Crippen LogP contribution in [0.2, 0.25) is 0 Å². The van der Waals surface area contributed by atoms with Gasteiger partial charge in [0.05, 0.1) is 18.3 Å². The summed E-state index contributed by atoms with van der Waals surface area (Å²) >= 11 is 0. The highest BCUT2D eigenvalue weighted by Gasteiger charge is 2.23. The van der Waals surface area contributed by atoms with E-state index in [0.29, 0.717) is 5.92 Å². The molecule has 1 aliphatic heterocycles. The fourth-order valence-corrected chi connectivity index (χ4v) is 3.05. The second-order valence-electron chi connectivity index (χ2n) is 6.26. The molecule has 0 spiro atoms. The zero-order valence-electron chi connectivity index (χ0n) is 14.0.